The minimum atomic E-state index is -0.185. The Labute approximate surface area is 186 Å². The molecule has 3 unspecified atom stereocenters. The standard InChI is InChI=1S/C27H38O4/c1-25-7-5-15(28)11-20(25)16-12-17(16)23-19(25)6-8-26(2)24(23)18-13-21(18)27(26,3)31-14-22-29-9-4-10-30-22/h11,16-19,21-24H,4-10,12-14H2,1-3H3/t16-,17+,18-,19?,21+,23?,24?,25-,26+,27+/m1/s1. The number of hydrogen-bond donors (Lipinski definition) is 0. The van der Waals surface area contributed by atoms with Gasteiger partial charge >= 0.3 is 0 Å². The highest BCUT2D eigenvalue weighted by Gasteiger charge is 2.78. The summed E-state index contributed by atoms with van der Waals surface area (Å²) in [5.41, 5.74) is 2.02. The number of ether oxygens (including phenoxy) is 3. The number of ketones is 1. The molecule has 10 atom stereocenters. The Bertz CT molecular complexity index is 844. The lowest BCUT2D eigenvalue weighted by atomic mass is 9.45. The molecule has 6 fully saturated rings. The molecule has 6 aliphatic carbocycles. The maximum atomic E-state index is 12.3. The maximum absolute atomic E-state index is 12.3. The third kappa shape index (κ3) is 2.45. The molecule has 0 aromatic rings. The SMILES string of the molecule is C[C@]12CCC(=O)C=C1[C@@H]1C[C@@H]1C1C2CC[C@@]2(C)C1[C@@H]1C[C@@H]1[C@]2(C)OCC1OCCCO1. The minimum absolute atomic E-state index is 0.0542. The summed E-state index contributed by atoms with van der Waals surface area (Å²) in [5, 5.41) is 0. The van der Waals surface area contributed by atoms with Crippen LogP contribution in [0.5, 0.6) is 0 Å². The monoisotopic (exact) mass is 426 g/mol. The third-order valence-corrected chi connectivity index (χ3v) is 11.6. The van der Waals surface area contributed by atoms with Gasteiger partial charge in [0.15, 0.2) is 12.1 Å². The van der Waals surface area contributed by atoms with Crippen molar-refractivity contribution in [3.63, 3.8) is 0 Å². The van der Waals surface area contributed by atoms with Gasteiger partial charge in [-0.05, 0) is 104 Å². The molecule has 31 heavy (non-hydrogen) atoms. The van der Waals surface area contributed by atoms with Crippen molar-refractivity contribution in [1.29, 1.82) is 0 Å². The molecule has 1 saturated heterocycles. The molecular weight excluding hydrogens is 388 g/mol. The second-order valence-corrected chi connectivity index (χ2v) is 12.6. The highest BCUT2D eigenvalue weighted by Crippen LogP contribution is 2.81. The summed E-state index contributed by atoms with van der Waals surface area (Å²) < 4.78 is 18.4. The largest absolute Gasteiger partial charge is 0.369 e. The van der Waals surface area contributed by atoms with Crippen molar-refractivity contribution in [3.8, 4) is 0 Å². The van der Waals surface area contributed by atoms with Crippen LogP contribution in [0.4, 0.5) is 0 Å². The first-order chi connectivity index (χ1) is 14.9. The molecule has 4 heteroatoms. The molecule has 0 aromatic carbocycles. The Morgan fingerprint density at radius 3 is 2.68 bits per heavy atom. The molecule has 0 N–H and O–H groups in total. The zero-order valence-electron chi connectivity index (χ0n) is 19.4. The van der Waals surface area contributed by atoms with Gasteiger partial charge in [-0.3, -0.25) is 4.79 Å². The van der Waals surface area contributed by atoms with Crippen LogP contribution in [-0.2, 0) is 19.0 Å². The summed E-state index contributed by atoms with van der Waals surface area (Å²) in [4.78, 5) is 12.3. The van der Waals surface area contributed by atoms with Crippen molar-refractivity contribution in [2.75, 3.05) is 19.8 Å². The van der Waals surface area contributed by atoms with E-state index in [1.165, 1.54) is 25.7 Å². The lowest BCUT2D eigenvalue weighted by Crippen LogP contribution is -2.57. The average Bonchev–Trinajstić information content (AvgIpc) is 3.67. The summed E-state index contributed by atoms with van der Waals surface area (Å²) in [5.74, 6) is 5.86. The highest BCUT2D eigenvalue weighted by molar-refractivity contribution is 5.92. The van der Waals surface area contributed by atoms with Crippen LogP contribution in [0.2, 0.25) is 0 Å². The highest BCUT2D eigenvalue weighted by atomic mass is 16.7. The van der Waals surface area contributed by atoms with E-state index >= 15 is 0 Å². The molecule has 0 bridgehead atoms. The fourth-order valence-corrected chi connectivity index (χ4v) is 9.81. The number of hydrogen-bond acceptors (Lipinski definition) is 4. The van der Waals surface area contributed by atoms with Gasteiger partial charge in [-0.25, -0.2) is 0 Å². The molecule has 0 spiro atoms. The van der Waals surface area contributed by atoms with Crippen molar-refractivity contribution in [1.82, 2.24) is 0 Å². The van der Waals surface area contributed by atoms with Crippen molar-refractivity contribution >= 4 is 5.78 Å². The van der Waals surface area contributed by atoms with E-state index in [9.17, 15) is 4.79 Å². The lowest BCUT2D eigenvalue weighted by Gasteiger charge is -2.60. The first kappa shape index (κ1) is 19.7. The molecule has 5 saturated carbocycles. The molecule has 0 amide bonds. The summed E-state index contributed by atoms with van der Waals surface area (Å²) in [6.07, 6.45) is 9.99. The van der Waals surface area contributed by atoms with Crippen LogP contribution in [0.3, 0.4) is 0 Å². The van der Waals surface area contributed by atoms with E-state index in [0.29, 0.717) is 24.2 Å². The molecule has 1 aliphatic heterocycles. The maximum Gasteiger partial charge on any atom is 0.180 e. The van der Waals surface area contributed by atoms with E-state index < -0.39 is 0 Å². The molecule has 7 aliphatic rings. The van der Waals surface area contributed by atoms with E-state index in [4.69, 9.17) is 14.2 Å². The quantitative estimate of drug-likeness (QED) is 0.652. The van der Waals surface area contributed by atoms with Crippen molar-refractivity contribution in [2.24, 2.45) is 52.3 Å². The van der Waals surface area contributed by atoms with Gasteiger partial charge in [0.05, 0.1) is 25.4 Å². The van der Waals surface area contributed by atoms with E-state index in [2.05, 4.69) is 26.8 Å². The smallest absolute Gasteiger partial charge is 0.180 e. The molecule has 0 radical (unpaired) electrons. The van der Waals surface area contributed by atoms with Gasteiger partial charge in [0, 0.05) is 6.42 Å². The van der Waals surface area contributed by atoms with Gasteiger partial charge in [0.1, 0.15) is 0 Å². The summed E-state index contributed by atoms with van der Waals surface area (Å²) in [7, 11) is 0. The van der Waals surface area contributed by atoms with Crippen molar-refractivity contribution < 1.29 is 19.0 Å². The van der Waals surface area contributed by atoms with Crippen LogP contribution < -0.4 is 0 Å². The van der Waals surface area contributed by atoms with Crippen LogP contribution >= 0.6 is 0 Å². The molecule has 0 aromatic heterocycles. The molecule has 1 heterocycles. The molecular formula is C27H38O4. The number of carbonyl (C=O) groups excluding carboxylic acids is 1. The van der Waals surface area contributed by atoms with Crippen molar-refractivity contribution in [2.45, 2.75) is 77.6 Å². The number of rotatable bonds is 3. The van der Waals surface area contributed by atoms with Gasteiger partial charge in [-0.2, -0.15) is 0 Å². The number of allylic oxidation sites excluding steroid dienone is 1. The Balaban J connectivity index is 1.19. The van der Waals surface area contributed by atoms with Crippen LogP contribution in [0, 0.1) is 52.3 Å². The first-order valence-electron chi connectivity index (χ1n) is 13.0. The van der Waals surface area contributed by atoms with Gasteiger partial charge < -0.3 is 14.2 Å². The predicted octanol–water partition coefficient (Wildman–Crippen LogP) is 4.77. The summed E-state index contributed by atoms with van der Waals surface area (Å²) in [6, 6.07) is 0. The molecule has 4 nitrogen and oxygen atoms in total. The first-order valence-corrected chi connectivity index (χ1v) is 13.0. The third-order valence-electron chi connectivity index (χ3n) is 11.6. The van der Waals surface area contributed by atoms with E-state index in [1.54, 1.807) is 5.57 Å². The zero-order valence-corrected chi connectivity index (χ0v) is 19.4. The van der Waals surface area contributed by atoms with Gasteiger partial charge in [0.25, 0.3) is 0 Å². The lowest BCUT2D eigenvalue weighted by molar-refractivity contribution is -0.243. The van der Waals surface area contributed by atoms with Crippen molar-refractivity contribution in [3.05, 3.63) is 11.6 Å². The normalized spacial score (nSPS) is 57.2. The van der Waals surface area contributed by atoms with Gasteiger partial charge in [-0.1, -0.05) is 19.4 Å². The predicted molar refractivity (Wildman–Crippen MR) is 116 cm³/mol. The average molecular weight is 427 g/mol. The minimum Gasteiger partial charge on any atom is -0.369 e. The van der Waals surface area contributed by atoms with Gasteiger partial charge in [0.2, 0.25) is 0 Å². The number of carbonyl (C=O) groups is 1. The fraction of sp³-hybridized carbons (Fsp3) is 0.889. The Kier molecular flexibility index (Phi) is 3.97. The van der Waals surface area contributed by atoms with Gasteiger partial charge in [-0.15, -0.1) is 0 Å². The molecule has 170 valence electrons. The fourth-order valence-electron chi connectivity index (χ4n) is 9.81. The van der Waals surface area contributed by atoms with E-state index in [0.717, 1.165) is 62.1 Å². The van der Waals surface area contributed by atoms with Crippen LogP contribution in [-0.4, -0.2) is 37.5 Å². The van der Waals surface area contributed by atoms with E-state index in [-0.39, 0.29) is 22.7 Å². The summed E-state index contributed by atoms with van der Waals surface area (Å²) >= 11 is 0. The van der Waals surface area contributed by atoms with Crippen LogP contribution in [0.1, 0.15) is 65.7 Å². The number of fused-ring (bicyclic) bond motifs is 10. The topological polar surface area (TPSA) is 44.8 Å². The Morgan fingerprint density at radius 2 is 1.87 bits per heavy atom. The summed E-state index contributed by atoms with van der Waals surface area (Å²) in [6.45, 7) is 9.68. The Morgan fingerprint density at radius 1 is 1.06 bits per heavy atom. The Hall–Kier alpha value is -0.710. The second kappa shape index (κ2) is 6.24. The second-order valence-electron chi connectivity index (χ2n) is 12.6. The van der Waals surface area contributed by atoms with Crippen LogP contribution in [0.25, 0.3) is 0 Å². The molecule has 7 rings (SSSR count). The zero-order chi connectivity index (χ0) is 21.2. The van der Waals surface area contributed by atoms with Crippen LogP contribution in [0.15, 0.2) is 11.6 Å². The van der Waals surface area contributed by atoms with E-state index in [1.807, 2.05) is 0 Å².